The first-order valence-electron chi connectivity index (χ1n) is 12.4. The summed E-state index contributed by atoms with van der Waals surface area (Å²) in [6, 6.07) is 24.3. The largest absolute Gasteiger partial charge is 0.353 e. The van der Waals surface area contributed by atoms with Gasteiger partial charge in [0, 0.05) is 24.2 Å². The highest BCUT2D eigenvalue weighted by molar-refractivity contribution is 7.89. The van der Waals surface area contributed by atoms with Gasteiger partial charge in [-0.1, -0.05) is 77.8 Å². The van der Waals surface area contributed by atoms with Gasteiger partial charge >= 0.3 is 0 Å². The van der Waals surface area contributed by atoms with Crippen molar-refractivity contribution >= 4 is 27.5 Å². The molecule has 0 unspecified atom stereocenters. The van der Waals surface area contributed by atoms with Crippen LogP contribution in [-0.4, -0.2) is 31.2 Å². The molecule has 1 fully saturated rings. The van der Waals surface area contributed by atoms with Gasteiger partial charge in [-0.15, -0.1) is 0 Å². The summed E-state index contributed by atoms with van der Waals surface area (Å²) in [7, 11) is -3.71. The number of nitrogens with one attached hydrogen (secondary N) is 1. The Kier molecular flexibility index (Phi) is 8.83. The molecule has 3 aromatic carbocycles. The molecule has 0 aromatic heterocycles. The summed E-state index contributed by atoms with van der Waals surface area (Å²) in [4.78, 5) is 12.7. The van der Waals surface area contributed by atoms with Crippen LogP contribution in [0.5, 0.6) is 0 Å². The second kappa shape index (κ2) is 12.0. The van der Waals surface area contributed by atoms with Crippen LogP contribution in [0.4, 0.5) is 0 Å². The Morgan fingerprint density at radius 2 is 1.61 bits per heavy atom. The molecule has 0 atom stereocenters. The molecule has 3 aromatic rings. The van der Waals surface area contributed by atoms with Crippen molar-refractivity contribution < 1.29 is 13.2 Å². The smallest absolute Gasteiger partial charge is 0.243 e. The standard InChI is InChI=1S/C29H33ClN2O3S/c1-22-10-12-23(13-11-22)18-29(33)31-27-16-14-25(15-17-27)21-32(20-24-6-3-2-4-7-24)36(34,35)28-9-5-8-26(30)19-28/h2-13,19,25,27H,14-18,20-21H2,1H3,(H,31,33). The predicted octanol–water partition coefficient (Wildman–Crippen LogP) is 5.76. The van der Waals surface area contributed by atoms with E-state index in [0.717, 1.165) is 36.8 Å². The van der Waals surface area contributed by atoms with Crippen molar-refractivity contribution in [1.29, 1.82) is 0 Å². The van der Waals surface area contributed by atoms with Crippen LogP contribution in [0.3, 0.4) is 0 Å². The summed E-state index contributed by atoms with van der Waals surface area (Å²) >= 11 is 6.11. The number of hydrogen-bond donors (Lipinski definition) is 1. The highest BCUT2D eigenvalue weighted by Crippen LogP contribution is 2.29. The summed E-state index contributed by atoms with van der Waals surface area (Å²) in [6.07, 6.45) is 3.81. The van der Waals surface area contributed by atoms with Gasteiger partial charge in [0.15, 0.2) is 0 Å². The molecule has 4 rings (SSSR count). The minimum absolute atomic E-state index is 0.0385. The Morgan fingerprint density at radius 3 is 2.28 bits per heavy atom. The van der Waals surface area contributed by atoms with Crippen LogP contribution in [0.1, 0.15) is 42.4 Å². The molecule has 0 saturated heterocycles. The van der Waals surface area contributed by atoms with Crippen LogP contribution in [-0.2, 0) is 27.8 Å². The van der Waals surface area contributed by atoms with E-state index >= 15 is 0 Å². The van der Waals surface area contributed by atoms with Crippen molar-refractivity contribution in [1.82, 2.24) is 9.62 Å². The topological polar surface area (TPSA) is 66.5 Å². The zero-order chi connectivity index (χ0) is 25.5. The molecule has 0 heterocycles. The average molecular weight is 525 g/mol. The number of rotatable bonds is 9. The van der Waals surface area contributed by atoms with Crippen LogP contribution in [0.15, 0.2) is 83.8 Å². The maximum absolute atomic E-state index is 13.6. The molecular weight excluding hydrogens is 492 g/mol. The molecule has 1 saturated carbocycles. The number of halogens is 1. The summed E-state index contributed by atoms with van der Waals surface area (Å²) in [6.45, 7) is 2.78. The van der Waals surface area contributed by atoms with Gasteiger partial charge in [-0.2, -0.15) is 4.31 Å². The van der Waals surface area contributed by atoms with Gasteiger partial charge in [0.05, 0.1) is 11.3 Å². The second-order valence-electron chi connectivity index (χ2n) is 9.69. The van der Waals surface area contributed by atoms with Crippen molar-refractivity contribution in [3.63, 3.8) is 0 Å². The molecule has 190 valence electrons. The maximum Gasteiger partial charge on any atom is 0.243 e. The molecule has 0 radical (unpaired) electrons. The van der Waals surface area contributed by atoms with Crippen molar-refractivity contribution in [3.05, 3.63) is 101 Å². The van der Waals surface area contributed by atoms with E-state index in [1.54, 1.807) is 22.5 Å². The van der Waals surface area contributed by atoms with E-state index in [9.17, 15) is 13.2 Å². The fourth-order valence-corrected chi connectivity index (χ4v) is 6.56. The van der Waals surface area contributed by atoms with Crippen molar-refractivity contribution in [2.45, 2.75) is 56.5 Å². The van der Waals surface area contributed by atoms with Crippen LogP contribution < -0.4 is 5.32 Å². The Labute approximate surface area is 219 Å². The van der Waals surface area contributed by atoms with Gasteiger partial charge in [-0.05, 0) is 67.9 Å². The predicted molar refractivity (Wildman–Crippen MR) is 144 cm³/mol. The first-order valence-corrected chi connectivity index (χ1v) is 14.3. The Balaban J connectivity index is 1.38. The molecule has 1 N–H and O–H groups in total. The molecule has 1 amide bonds. The molecule has 7 heteroatoms. The number of hydrogen-bond acceptors (Lipinski definition) is 3. The van der Waals surface area contributed by atoms with E-state index in [2.05, 4.69) is 5.32 Å². The summed E-state index contributed by atoms with van der Waals surface area (Å²) in [5, 5.41) is 3.57. The first kappa shape index (κ1) is 26.4. The minimum atomic E-state index is -3.71. The van der Waals surface area contributed by atoms with Gasteiger partial charge in [0.1, 0.15) is 0 Å². The van der Waals surface area contributed by atoms with Gasteiger partial charge in [0.2, 0.25) is 15.9 Å². The molecular formula is C29H33ClN2O3S. The molecule has 1 aliphatic rings. The Morgan fingerprint density at radius 1 is 0.917 bits per heavy atom. The lowest BCUT2D eigenvalue weighted by Gasteiger charge is -2.33. The van der Waals surface area contributed by atoms with E-state index in [1.807, 2.05) is 61.5 Å². The summed E-state index contributed by atoms with van der Waals surface area (Å²) in [5.74, 6) is 0.268. The van der Waals surface area contributed by atoms with Crippen LogP contribution in [0.2, 0.25) is 5.02 Å². The zero-order valence-corrected chi connectivity index (χ0v) is 22.1. The normalized spacial score (nSPS) is 18.2. The number of carbonyl (C=O) groups is 1. The lowest BCUT2D eigenvalue weighted by Crippen LogP contribution is -2.41. The Bertz CT molecular complexity index is 1260. The van der Waals surface area contributed by atoms with Gasteiger partial charge in [-0.3, -0.25) is 4.79 Å². The lowest BCUT2D eigenvalue weighted by atomic mass is 9.86. The molecule has 36 heavy (non-hydrogen) atoms. The molecule has 1 aliphatic carbocycles. The summed E-state index contributed by atoms with van der Waals surface area (Å²) < 4.78 is 28.7. The van der Waals surface area contributed by atoms with Crippen LogP contribution >= 0.6 is 11.6 Å². The number of nitrogens with zero attached hydrogens (tertiary/aromatic N) is 1. The van der Waals surface area contributed by atoms with E-state index in [0.29, 0.717) is 24.5 Å². The van der Waals surface area contributed by atoms with Crippen molar-refractivity contribution in [2.24, 2.45) is 5.92 Å². The van der Waals surface area contributed by atoms with Crippen molar-refractivity contribution in [3.8, 4) is 0 Å². The van der Waals surface area contributed by atoms with Gasteiger partial charge in [0.25, 0.3) is 0 Å². The van der Waals surface area contributed by atoms with E-state index in [-0.39, 0.29) is 22.8 Å². The van der Waals surface area contributed by atoms with E-state index < -0.39 is 10.0 Å². The number of sulfonamides is 1. The lowest BCUT2D eigenvalue weighted by molar-refractivity contribution is -0.121. The zero-order valence-electron chi connectivity index (χ0n) is 20.6. The van der Waals surface area contributed by atoms with E-state index in [1.165, 1.54) is 11.6 Å². The monoisotopic (exact) mass is 524 g/mol. The highest BCUT2D eigenvalue weighted by Gasteiger charge is 2.30. The highest BCUT2D eigenvalue weighted by atomic mass is 35.5. The molecule has 0 aliphatic heterocycles. The maximum atomic E-state index is 13.6. The third-order valence-corrected chi connectivity index (χ3v) is 8.84. The molecule has 5 nitrogen and oxygen atoms in total. The van der Waals surface area contributed by atoms with Gasteiger partial charge in [-0.25, -0.2) is 8.42 Å². The third-order valence-electron chi connectivity index (χ3n) is 6.79. The minimum Gasteiger partial charge on any atom is -0.353 e. The fourth-order valence-electron chi connectivity index (χ4n) is 4.76. The number of amides is 1. The average Bonchev–Trinajstić information content (AvgIpc) is 2.87. The SMILES string of the molecule is Cc1ccc(CC(=O)NC2CCC(CN(Cc3ccccc3)S(=O)(=O)c3cccc(Cl)c3)CC2)cc1. The third kappa shape index (κ3) is 7.19. The van der Waals surface area contributed by atoms with Crippen LogP contribution in [0, 0.1) is 12.8 Å². The number of benzene rings is 3. The number of aryl methyl sites for hydroxylation is 1. The fraction of sp³-hybridized carbons (Fsp3) is 0.345. The summed E-state index contributed by atoms with van der Waals surface area (Å²) in [5.41, 5.74) is 3.13. The Hall–Kier alpha value is -2.67. The van der Waals surface area contributed by atoms with Crippen LogP contribution in [0.25, 0.3) is 0 Å². The molecule has 0 bridgehead atoms. The molecule has 0 spiro atoms. The van der Waals surface area contributed by atoms with E-state index in [4.69, 9.17) is 11.6 Å². The second-order valence-corrected chi connectivity index (χ2v) is 12.1. The van der Waals surface area contributed by atoms with Crippen molar-refractivity contribution in [2.75, 3.05) is 6.54 Å². The quantitative estimate of drug-likeness (QED) is 0.387. The first-order chi connectivity index (χ1) is 17.3. The number of carbonyl (C=O) groups excluding carboxylic acids is 1. The van der Waals surface area contributed by atoms with Gasteiger partial charge < -0.3 is 5.32 Å².